The third-order valence-corrected chi connectivity index (χ3v) is 4.87. The summed E-state index contributed by atoms with van der Waals surface area (Å²) in [5.41, 5.74) is 9.98. The van der Waals surface area contributed by atoms with E-state index in [9.17, 15) is 9.90 Å². The number of amides is 1. The van der Waals surface area contributed by atoms with Crippen LogP contribution in [0.2, 0.25) is 0 Å². The number of likely N-dealkylation sites (tertiary alicyclic amines) is 1. The lowest BCUT2D eigenvalue weighted by molar-refractivity contribution is 0.107. The summed E-state index contributed by atoms with van der Waals surface area (Å²) in [6.07, 6.45) is 4.67. The van der Waals surface area contributed by atoms with Crippen molar-refractivity contribution in [2.24, 2.45) is 7.05 Å². The molecule has 1 fully saturated rings. The normalized spacial score (nSPS) is 22.2. The van der Waals surface area contributed by atoms with Crippen LogP contribution in [0.3, 0.4) is 0 Å². The lowest BCUT2D eigenvalue weighted by atomic mass is 9.85. The van der Waals surface area contributed by atoms with Crippen molar-refractivity contribution in [2.45, 2.75) is 38.6 Å². The van der Waals surface area contributed by atoms with Gasteiger partial charge >= 0.3 is 6.09 Å². The van der Waals surface area contributed by atoms with Gasteiger partial charge in [0.2, 0.25) is 0 Å². The first kappa shape index (κ1) is 14.7. The second-order valence-electron chi connectivity index (χ2n) is 6.28. The van der Waals surface area contributed by atoms with Crippen molar-refractivity contribution in [3.8, 4) is 0 Å². The zero-order valence-electron chi connectivity index (χ0n) is 13.2. The summed E-state index contributed by atoms with van der Waals surface area (Å²) in [7, 11) is 1.99. The Bertz CT molecular complexity index is 737. The van der Waals surface area contributed by atoms with Crippen LogP contribution in [0, 0.1) is 6.92 Å². The van der Waals surface area contributed by atoms with E-state index in [-0.39, 0.29) is 6.04 Å². The number of hydrogen-bond acceptors (Lipinski definition) is 3. The minimum Gasteiger partial charge on any atom is -0.465 e. The molecule has 1 amide bonds. The quantitative estimate of drug-likeness (QED) is 0.848. The Kier molecular flexibility index (Phi) is 3.47. The number of rotatable bonds is 1. The Hall–Kier alpha value is -2.24. The van der Waals surface area contributed by atoms with Gasteiger partial charge < -0.3 is 20.3 Å². The molecule has 6 heteroatoms. The number of carboxylic acid groups (broad SMARTS) is 1. The molecule has 1 aliphatic heterocycles. The van der Waals surface area contributed by atoms with E-state index in [4.69, 9.17) is 5.73 Å². The minimum absolute atomic E-state index is 0.0285. The topological polar surface area (TPSA) is 84.4 Å². The largest absolute Gasteiger partial charge is 0.465 e. The average molecular weight is 302 g/mol. The number of nitrogens with two attached hydrogens (primary N) is 1. The van der Waals surface area contributed by atoms with Crippen molar-refractivity contribution in [2.75, 3.05) is 12.3 Å². The molecule has 2 atom stereocenters. The van der Waals surface area contributed by atoms with Crippen LogP contribution in [0.15, 0.2) is 12.4 Å². The molecule has 0 aliphatic carbocycles. The zero-order valence-corrected chi connectivity index (χ0v) is 13.2. The average Bonchev–Trinajstić information content (AvgIpc) is 2.80. The highest BCUT2D eigenvalue weighted by Gasteiger charge is 2.31. The maximum absolute atomic E-state index is 11.2. The maximum Gasteiger partial charge on any atom is 0.407 e. The molecule has 2 aromatic rings. The Morgan fingerprint density at radius 1 is 1.50 bits per heavy atom. The summed E-state index contributed by atoms with van der Waals surface area (Å²) in [6, 6.07) is 0.0285. The Morgan fingerprint density at radius 3 is 2.86 bits per heavy atom. The maximum atomic E-state index is 11.2. The molecule has 0 radical (unpaired) electrons. The summed E-state index contributed by atoms with van der Waals surface area (Å²) in [5.74, 6) is 0.344. The van der Waals surface area contributed by atoms with Crippen LogP contribution in [-0.2, 0) is 7.05 Å². The number of aromatic nitrogens is 2. The molecule has 0 saturated carbocycles. The number of anilines is 1. The van der Waals surface area contributed by atoms with Crippen molar-refractivity contribution in [1.29, 1.82) is 0 Å². The van der Waals surface area contributed by atoms with Crippen molar-refractivity contribution in [3.05, 3.63) is 23.5 Å². The third-order valence-electron chi connectivity index (χ3n) is 4.87. The molecule has 3 heterocycles. The standard InChI is InChI=1S/C16H22N4O2/c1-9-6-11(4-5-20(9)16(21)22)12-8-19(3)15-14(12)10(2)13(17)7-18-15/h7-9,11H,4-6,17H2,1-3H3,(H,21,22)/t9-,11-/m1/s1. The first-order valence-electron chi connectivity index (χ1n) is 7.59. The summed E-state index contributed by atoms with van der Waals surface area (Å²) in [6.45, 7) is 4.58. The summed E-state index contributed by atoms with van der Waals surface area (Å²) in [5, 5.41) is 10.3. The van der Waals surface area contributed by atoms with E-state index < -0.39 is 6.09 Å². The molecule has 22 heavy (non-hydrogen) atoms. The molecule has 0 bridgehead atoms. The lowest BCUT2D eigenvalue weighted by Gasteiger charge is -2.35. The van der Waals surface area contributed by atoms with Gasteiger partial charge in [-0.3, -0.25) is 0 Å². The summed E-state index contributed by atoms with van der Waals surface area (Å²) < 4.78 is 2.03. The van der Waals surface area contributed by atoms with Crippen LogP contribution in [0.1, 0.15) is 36.8 Å². The molecule has 3 N–H and O–H groups in total. The second kappa shape index (κ2) is 5.19. The van der Waals surface area contributed by atoms with Crippen molar-refractivity contribution < 1.29 is 9.90 Å². The van der Waals surface area contributed by atoms with Gasteiger partial charge in [0, 0.05) is 31.2 Å². The zero-order chi connectivity index (χ0) is 16.0. The summed E-state index contributed by atoms with van der Waals surface area (Å²) >= 11 is 0. The Balaban J connectivity index is 2.01. The van der Waals surface area contributed by atoms with E-state index in [2.05, 4.69) is 11.2 Å². The number of piperidine rings is 1. The van der Waals surface area contributed by atoms with Gasteiger partial charge in [-0.25, -0.2) is 9.78 Å². The SMILES string of the molecule is Cc1c(N)cnc2c1c([C@@H]1CCN(C(=O)O)[C@H](C)C1)cn2C. The van der Waals surface area contributed by atoms with Gasteiger partial charge in [-0.1, -0.05) is 0 Å². The van der Waals surface area contributed by atoms with Crippen LogP contribution < -0.4 is 5.73 Å². The third kappa shape index (κ3) is 2.19. The summed E-state index contributed by atoms with van der Waals surface area (Å²) in [4.78, 5) is 17.2. The molecular weight excluding hydrogens is 280 g/mol. The first-order chi connectivity index (χ1) is 10.4. The predicted octanol–water partition coefficient (Wildman–Crippen LogP) is 2.71. The lowest BCUT2D eigenvalue weighted by Crippen LogP contribution is -2.43. The molecular formula is C16H22N4O2. The number of pyridine rings is 1. The molecule has 3 rings (SSSR count). The van der Waals surface area contributed by atoms with Crippen LogP contribution in [0.25, 0.3) is 11.0 Å². The molecule has 118 valence electrons. The number of fused-ring (bicyclic) bond motifs is 1. The van der Waals surface area contributed by atoms with Gasteiger partial charge in [-0.2, -0.15) is 0 Å². The first-order valence-corrected chi connectivity index (χ1v) is 7.59. The van der Waals surface area contributed by atoms with Gasteiger partial charge in [0.25, 0.3) is 0 Å². The van der Waals surface area contributed by atoms with Gasteiger partial charge in [0.05, 0.1) is 11.9 Å². The highest BCUT2D eigenvalue weighted by atomic mass is 16.4. The van der Waals surface area contributed by atoms with E-state index in [0.29, 0.717) is 18.2 Å². The Labute approximate surface area is 129 Å². The molecule has 1 saturated heterocycles. The van der Waals surface area contributed by atoms with Gasteiger partial charge in [-0.15, -0.1) is 0 Å². The fraction of sp³-hybridized carbons (Fsp3) is 0.500. The molecule has 0 aromatic carbocycles. The monoisotopic (exact) mass is 302 g/mol. The van der Waals surface area contributed by atoms with Crippen molar-refractivity contribution in [1.82, 2.24) is 14.5 Å². The highest BCUT2D eigenvalue weighted by Crippen LogP contribution is 2.38. The number of aryl methyl sites for hydroxylation is 2. The van der Waals surface area contributed by atoms with Gasteiger partial charge in [-0.05, 0) is 43.7 Å². The van der Waals surface area contributed by atoms with Crippen LogP contribution >= 0.6 is 0 Å². The van der Waals surface area contributed by atoms with Crippen molar-refractivity contribution >= 4 is 22.8 Å². The smallest absolute Gasteiger partial charge is 0.407 e. The highest BCUT2D eigenvalue weighted by molar-refractivity contribution is 5.88. The van der Waals surface area contributed by atoms with Crippen LogP contribution in [0.4, 0.5) is 10.5 Å². The fourth-order valence-electron chi connectivity index (χ4n) is 3.60. The minimum atomic E-state index is -0.828. The molecule has 0 unspecified atom stereocenters. The van der Waals surface area contributed by atoms with E-state index in [1.54, 1.807) is 6.20 Å². The molecule has 6 nitrogen and oxygen atoms in total. The second-order valence-corrected chi connectivity index (χ2v) is 6.28. The molecule has 2 aromatic heterocycles. The number of carbonyl (C=O) groups is 1. The predicted molar refractivity (Wildman–Crippen MR) is 86.0 cm³/mol. The fourth-order valence-corrected chi connectivity index (χ4v) is 3.60. The number of hydrogen-bond donors (Lipinski definition) is 2. The van der Waals surface area contributed by atoms with Gasteiger partial charge in [0.1, 0.15) is 5.65 Å². The van der Waals surface area contributed by atoms with Crippen molar-refractivity contribution in [3.63, 3.8) is 0 Å². The Morgan fingerprint density at radius 2 is 2.23 bits per heavy atom. The van der Waals surface area contributed by atoms with E-state index >= 15 is 0 Å². The molecule has 0 spiro atoms. The number of nitrogen functional groups attached to an aromatic ring is 1. The van der Waals surface area contributed by atoms with E-state index in [1.807, 2.05) is 25.5 Å². The van der Waals surface area contributed by atoms with E-state index in [0.717, 1.165) is 29.4 Å². The molecule has 1 aliphatic rings. The number of nitrogens with zero attached hydrogens (tertiary/aromatic N) is 3. The van der Waals surface area contributed by atoms with Crippen LogP contribution in [0.5, 0.6) is 0 Å². The van der Waals surface area contributed by atoms with E-state index in [1.165, 1.54) is 10.5 Å². The van der Waals surface area contributed by atoms with Gasteiger partial charge in [0.15, 0.2) is 0 Å². The van der Waals surface area contributed by atoms with Crippen LogP contribution in [-0.4, -0.2) is 38.2 Å².